The Labute approximate surface area is 117 Å². The van der Waals surface area contributed by atoms with Crippen molar-refractivity contribution in [2.24, 2.45) is 0 Å². The van der Waals surface area contributed by atoms with E-state index >= 15 is 0 Å². The molecule has 1 aromatic heterocycles. The molecule has 0 spiro atoms. The van der Waals surface area contributed by atoms with Crippen LogP contribution in [-0.4, -0.2) is 41.4 Å². The Kier molecular flexibility index (Phi) is 3.77. The number of sulfonamides is 1. The van der Waals surface area contributed by atoms with Crippen molar-refractivity contribution < 1.29 is 18.3 Å². The highest BCUT2D eigenvalue weighted by molar-refractivity contribution is 9.11. The van der Waals surface area contributed by atoms with Crippen LogP contribution in [0.15, 0.2) is 8.13 Å². The van der Waals surface area contributed by atoms with Crippen molar-refractivity contribution in [1.29, 1.82) is 0 Å². The maximum absolute atomic E-state index is 12.3. The summed E-state index contributed by atoms with van der Waals surface area (Å²) >= 11 is 4.22. The Morgan fingerprint density at radius 3 is 2.78 bits per heavy atom. The number of aryl methyl sites for hydroxylation is 1. The van der Waals surface area contributed by atoms with Crippen molar-refractivity contribution in [2.75, 3.05) is 6.54 Å². The van der Waals surface area contributed by atoms with Gasteiger partial charge in [0.25, 0.3) is 10.0 Å². The average molecular weight is 355 g/mol. The van der Waals surface area contributed by atoms with E-state index in [1.807, 2.05) is 0 Å². The molecule has 0 unspecified atom stereocenters. The van der Waals surface area contributed by atoms with Gasteiger partial charge in [-0.1, -0.05) is 11.3 Å². The molecule has 1 saturated heterocycles. The summed E-state index contributed by atoms with van der Waals surface area (Å²) in [4.78, 5) is 15.0. The third-order valence-corrected chi connectivity index (χ3v) is 7.01. The van der Waals surface area contributed by atoms with E-state index in [0.29, 0.717) is 22.3 Å². The van der Waals surface area contributed by atoms with Gasteiger partial charge >= 0.3 is 5.97 Å². The van der Waals surface area contributed by atoms with Crippen LogP contribution < -0.4 is 0 Å². The molecule has 18 heavy (non-hydrogen) atoms. The second-order valence-electron chi connectivity index (χ2n) is 3.95. The van der Waals surface area contributed by atoms with Gasteiger partial charge in [-0.3, -0.25) is 4.79 Å². The molecule has 1 N–H and O–H groups in total. The lowest BCUT2D eigenvalue weighted by Gasteiger charge is -2.19. The molecule has 0 aliphatic carbocycles. The van der Waals surface area contributed by atoms with Crippen LogP contribution in [0, 0.1) is 6.92 Å². The number of aliphatic carboxylic acids is 1. The fraction of sp³-hybridized carbons (Fsp3) is 0.556. The first-order valence-electron chi connectivity index (χ1n) is 5.21. The minimum Gasteiger partial charge on any atom is -0.480 e. The van der Waals surface area contributed by atoms with Gasteiger partial charge in [0.2, 0.25) is 4.34 Å². The van der Waals surface area contributed by atoms with Crippen molar-refractivity contribution in [3.8, 4) is 0 Å². The first-order chi connectivity index (χ1) is 8.34. The number of nitrogens with zero attached hydrogens (tertiary/aromatic N) is 2. The van der Waals surface area contributed by atoms with E-state index in [0.717, 1.165) is 15.6 Å². The lowest BCUT2D eigenvalue weighted by molar-refractivity contribution is -0.140. The number of carbonyl (C=O) groups is 1. The number of carboxylic acid groups (broad SMARTS) is 1. The third kappa shape index (κ3) is 2.31. The van der Waals surface area contributed by atoms with Gasteiger partial charge in [-0.05, 0) is 35.7 Å². The topological polar surface area (TPSA) is 87.6 Å². The van der Waals surface area contributed by atoms with E-state index in [9.17, 15) is 13.2 Å². The van der Waals surface area contributed by atoms with Gasteiger partial charge in [-0.15, -0.1) is 0 Å². The Bertz CT molecular complexity index is 564. The van der Waals surface area contributed by atoms with Crippen LogP contribution in [-0.2, 0) is 14.8 Å². The molecular formula is C9H11BrN2O4S2. The van der Waals surface area contributed by atoms with Gasteiger partial charge in [0.15, 0.2) is 0 Å². The molecule has 0 saturated carbocycles. The molecule has 1 fully saturated rings. The molecule has 2 rings (SSSR count). The molecule has 1 atom stereocenters. The number of hydrogen-bond acceptors (Lipinski definition) is 5. The summed E-state index contributed by atoms with van der Waals surface area (Å²) in [7, 11) is -3.80. The Hall–Kier alpha value is -0.510. The van der Waals surface area contributed by atoms with Crippen LogP contribution >= 0.6 is 27.3 Å². The lowest BCUT2D eigenvalue weighted by atomic mass is 10.2. The standard InChI is InChI=1S/C9H11BrN2O4S2/c1-5-7(10)17-9(11-5)18(15,16)12-4-2-3-6(12)8(13)14/h6H,2-4H2,1H3,(H,13,14)/t6-/m0/s1. The van der Waals surface area contributed by atoms with Gasteiger partial charge in [-0.25, -0.2) is 13.4 Å². The van der Waals surface area contributed by atoms with Crippen molar-refractivity contribution in [3.63, 3.8) is 0 Å². The minimum absolute atomic E-state index is 0.0555. The molecule has 0 radical (unpaired) electrons. The molecule has 1 aliphatic rings. The van der Waals surface area contributed by atoms with Gasteiger partial charge in [-0.2, -0.15) is 4.31 Å². The van der Waals surface area contributed by atoms with Crippen LogP contribution in [0.25, 0.3) is 0 Å². The summed E-state index contributed by atoms with van der Waals surface area (Å²) in [5, 5.41) is 9.02. The molecule has 9 heteroatoms. The van der Waals surface area contributed by atoms with E-state index < -0.39 is 22.0 Å². The summed E-state index contributed by atoms with van der Waals surface area (Å²) in [6, 6.07) is -0.974. The zero-order valence-electron chi connectivity index (χ0n) is 9.46. The highest BCUT2D eigenvalue weighted by Gasteiger charge is 2.41. The van der Waals surface area contributed by atoms with Gasteiger partial charge in [0.05, 0.1) is 9.48 Å². The van der Waals surface area contributed by atoms with Crippen LogP contribution in [0.2, 0.25) is 0 Å². The van der Waals surface area contributed by atoms with Gasteiger partial charge < -0.3 is 5.11 Å². The van der Waals surface area contributed by atoms with Gasteiger partial charge in [0.1, 0.15) is 6.04 Å². The first-order valence-corrected chi connectivity index (χ1v) is 8.26. The minimum atomic E-state index is -3.80. The molecule has 100 valence electrons. The lowest BCUT2D eigenvalue weighted by Crippen LogP contribution is -2.40. The molecule has 0 amide bonds. The normalized spacial score (nSPS) is 21.3. The third-order valence-electron chi connectivity index (χ3n) is 2.74. The van der Waals surface area contributed by atoms with E-state index in [4.69, 9.17) is 5.11 Å². The smallest absolute Gasteiger partial charge is 0.322 e. The highest BCUT2D eigenvalue weighted by atomic mass is 79.9. The fourth-order valence-corrected chi connectivity index (χ4v) is 5.55. The molecule has 6 nitrogen and oxygen atoms in total. The van der Waals surface area contributed by atoms with E-state index in [1.54, 1.807) is 6.92 Å². The number of hydrogen-bond donors (Lipinski definition) is 1. The molecule has 1 aliphatic heterocycles. The summed E-state index contributed by atoms with van der Waals surface area (Å²) in [5.41, 5.74) is 0.588. The van der Waals surface area contributed by atoms with E-state index in [2.05, 4.69) is 20.9 Å². The Morgan fingerprint density at radius 1 is 1.61 bits per heavy atom. The number of halogens is 1. The number of carboxylic acids is 1. The average Bonchev–Trinajstić information content (AvgIpc) is 2.87. The monoisotopic (exact) mass is 354 g/mol. The maximum atomic E-state index is 12.3. The fourth-order valence-electron chi connectivity index (χ4n) is 1.84. The molecular weight excluding hydrogens is 344 g/mol. The predicted octanol–water partition coefficient (Wildman–Crippen LogP) is 1.45. The number of rotatable bonds is 3. The second kappa shape index (κ2) is 4.87. The largest absolute Gasteiger partial charge is 0.480 e. The summed E-state index contributed by atoms with van der Waals surface area (Å²) < 4.78 is 26.2. The van der Waals surface area contributed by atoms with Crippen molar-refractivity contribution >= 4 is 43.3 Å². The van der Waals surface area contributed by atoms with Crippen LogP contribution in [0.5, 0.6) is 0 Å². The molecule has 0 aromatic carbocycles. The van der Waals surface area contributed by atoms with Crippen LogP contribution in [0.1, 0.15) is 18.5 Å². The second-order valence-corrected chi connectivity index (χ2v) is 8.33. The predicted molar refractivity (Wildman–Crippen MR) is 69.1 cm³/mol. The van der Waals surface area contributed by atoms with E-state index in [-0.39, 0.29) is 10.9 Å². The van der Waals surface area contributed by atoms with Gasteiger partial charge in [0, 0.05) is 6.54 Å². The van der Waals surface area contributed by atoms with Crippen LogP contribution in [0.3, 0.4) is 0 Å². The number of aromatic nitrogens is 1. The summed E-state index contributed by atoms with van der Waals surface area (Å²) in [6.07, 6.45) is 0.905. The SMILES string of the molecule is Cc1nc(S(=O)(=O)N2CCC[C@H]2C(=O)O)sc1Br. The first kappa shape index (κ1) is 13.9. The van der Waals surface area contributed by atoms with Crippen LogP contribution in [0.4, 0.5) is 0 Å². The highest BCUT2D eigenvalue weighted by Crippen LogP contribution is 2.32. The summed E-state index contributed by atoms with van der Waals surface area (Å²) in [6.45, 7) is 1.92. The maximum Gasteiger partial charge on any atom is 0.322 e. The van der Waals surface area contributed by atoms with Crippen molar-refractivity contribution in [3.05, 3.63) is 9.48 Å². The number of thiazole rings is 1. The van der Waals surface area contributed by atoms with Crippen molar-refractivity contribution in [1.82, 2.24) is 9.29 Å². The zero-order chi connectivity index (χ0) is 13.5. The molecule has 2 heterocycles. The van der Waals surface area contributed by atoms with E-state index in [1.165, 1.54) is 0 Å². The zero-order valence-corrected chi connectivity index (χ0v) is 12.7. The summed E-state index contributed by atoms with van der Waals surface area (Å²) in [5.74, 6) is -1.11. The molecule has 1 aromatic rings. The Morgan fingerprint density at radius 2 is 2.28 bits per heavy atom. The van der Waals surface area contributed by atoms with Crippen molar-refractivity contribution in [2.45, 2.75) is 30.1 Å². The quantitative estimate of drug-likeness (QED) is 0.887. The Balaban J connectivity index is 2.39. The molecule has 0 bridgehead atoms.